The van der Waals surface area contributed by atoms with Crippen LogP contribution in [0.15, 0.2) is 30.3 Å². The zero-order valence-corrected chi connectivity index (χ0v) is 15.8. The first kappa shape index (κ1) is 19.4. The van der Waals surface area contributed by atoms with Gasteiger partial charge in [-0.25, -0.2) is 4.79 Å². The van der Waals surface area contributed by atoms with E-state index in [9.17, 15) is 9.59 Å². The lowest BCUT2D eigenvalue weighted by Gasteiger charge is -2.44. The lowest BCUT2D eigenvalue weighted by atomic mass is 9.98. The van der Waals surface area contributed by atoms with E-state index in [2.05, 4.69) is 0 Å². The van der Waals surface area contributed by atoms with Gasteiger partial charge in [0.25, 0.3) is 0 Å². The van der Waals surface area contributed by atoms with Gasteiger partial charge in [0.1, 0.15) is 0 Å². The number of benzene rings is 1. The van der Waals surface area contributed by atoms with Crippen molar-refractivity contribution in [1.29, 1.82) is 0 Å². The van der Waals surface area contributed by atoms with Crippen molar-refractivity contribution in [3.63, 3.8) is 0 Å². The van der Waals surface area contributed by atoms with Crippen molar-refractivity contribution in [2.75, 3.05) is 27.7 Å². The fourth-order valence-corrected chi connectivity index (χ4v) is 3.62. The summed E-state index contributed by atoms with van der Waals surface area (Å²) in [5.41, 5.74) is -0.867. The van der Waals surface area contributed by atoms with E-state index in [0.717, 1.165) is 25.7 Å². The fraction of sp³-hybridized carbons (Fsp3) is 0.600. The molecule has 0 spiro atoms. The van der Waals surface area contributed by atoms with Gasteiger partial charge in [-0.2, -0.15) is 0 Å². The van der Waals surface area contributed by atoms with Gasteiger partial charge >= 0.3 is 17.7 Å². The Bertz CT molecular complexity index is 593. The van der Waals surface area contributed by atoms with Crippen LogP contribution in [-0.2, 0) is 24.8 Å². The van der Waals surface area contributed by atoms with E-state index < -0.39 is 11.7 Å². The minimum Gasteiger partial charge on any atom is -0.461 e. The summed E-state index contributed by atoms with van der Waals surface area (Å²) in [4.78, 5) is 25.6. The van der Waals surface area contributed by atoms with Gasteiger partial charge in [0.05, 0.1) is 33.3 Å². The molecule has 0 aliphatic heterocycles. The van der Waals surface area contributed by atoms with Gasteiger partial charge in [-0.1, -0.05) is 31.0 Å². The van der Waals surface area contributed by atoms with Crippen LogP contribution in [0.4, 0.5) is 0 Å². The van der Waals surface area contributed by atoms with Crippen molar-refractivity contribution in [1.82, 2.24) is 0 Å². The fourth-order valence-electron chi connectivity index (χ4n) is 3.62. The van der Waals surface area contributed by atoms with E-state index in [1.807, 2.05) is 51.4 Å². The predicted molar refractivity (Wildman–Crippen MR) is 95.5 cm³/mol. The molecule has 0 radical (unpaired) electrons. The first-order valence-corrected chi connectivity index (χ1v) is 9.06. The molecule has 1 aromatic rings. The summed E-state index contributed by atoms with van der Waals surface area (Å²) in [7, 11) is 5.10. The maximum absolute atomic E-state index is 12.9. The first-order chi connectivity index (χ1) is 11.9. The molecule has 0 amide bonds. The molecule has 0 N–H and O–H groups in total. The number of hydrogen-bond donors (Lipinski definition) is 0. The van der Waals surface area contributed by atoms with E-state index in [0.29, 0.717) is 24.4 Å². The quantitative estimate of drug-likeness (QED) is 0.431. The molecule has 2 rings (SSSR count). The van der Waals surface area contributed by atoms with Crippen molar-refractivity contribution >= 4 is 11.9 Å². The molecule has 0 bridgehead atoms. The van der Waals surface area contributed by atoms with Crippen molar-refractivity contribution in [3.8, 4) is 0 Å². The van der Waals surface area contributed by atoms with Crippen LogP contribution in [0.3, 0.4) is 0 Å². The number of likely N-dealkylation sites (N-methyl/N-ethyl adjacent to an activating group) is 1. The SMILES string of the molecule is CC[N+](C)(C)C(OC(=O)CC1CCCC1)(C(=O)OC)c1ccccc1. The number of methoxy groups -OCH3 is 1. The monoisotopic (exact) mass is 348 g/mol. The second kappa shape index (κ2) is 8.00. The van der Waals surface area contributed by atoms with Crippen LogP contribution in [0.2, 0.25) is 0 Å². The van der Waals surface area contributed by atoms with Gasteiger partial charge in [0.2, 0.25) is 0 Å². The molecule has 25 heavy (non-hydrogen) atoms. The third kappa shape index (κ3) is 3.87. The topological polar surface area (TPSA) is 52.6 Å². The molecule has 1 aliphatic carbocycles. The highest BCUT2D eigenvalue weighted by atomic mass is 16.6. The Balaban J connectivity index is 2.42. The standard InChI is InChI=1S/C20H30NO4/c1-5-21(2,3)20(19(23)24-4,17-13-7-6-8-14-17)25-18(22)15-16-11-9-10-12-16/h6-8,13-14,16H,5,9-12,15H2,1-4H3/q+1. The summed E-state index contributed by atoms with van der Waals surface area (Å²) in [6, 6.07) is 9.18. The number of carbonyl (C=O) groups excluding carboxylic acids is 2. The zero-order chi connectivity index (χ0) is 18.5. The third-order valence-corrected chi connectivity index (χ3v) is 5.46. The summed E-state index contributed by atoms with van der Waals surface area (Å²) in [6.45, 7) is 2.56. The number of esters is 2. The summed E-state index contributed by atoms with van der Waals surface area (Å²) < 4.78 is 11.2. The van der Waals surface area contributed by atoms with Gasteiger partial charge < -0.3 is 9.47 Å². The summed E-state index contributed by atoms with van der Waals surface area (Å²) in [5.74, 6) is -0.526. The minimum atomic E-state index is -1.50. The number of ether oxygens (including phenoxy) is 2. The lowest BCUT2D eigenvalue weighted by molar-refractivity contribution is -0.961. The van der Waals surface area contributed by atoms with Crippen LogP contribution in [-0.4, -0.2) is 44.2 Å². The zero-order valence-electron chi connectivity index (χ0n) is 15.8. The van der Waals surface area contributed by atoms with Gasteiger partial charge in [-0.05, 0) is 37.8 Å². The number of carbonyl (C=O) groups is 2. The molecule has 138 valence electrons. The Labute approximate surface area is 150 Å². The highest BCUT2D eigenvalue weighted by Crippen LogP contribution is 2.37. The van der Waals surface area contributed by atoms with E-state index in [-0.39, 0.29) is 10.5 Å². The molecule has 0 heterocycles. The van der Waals surface area contributed by atoms with Crippen LogP contribution in [0.5, 0.6) is 0 Å². The number of quaternary nitrogens is 1. The van der Waals surface area contributed by atoms with Gasteiger partial charge in [-0.15, -0.1) is 0 Å². The molecule has 1 fully saturated rings. The van der Waals surface area contributed by atoms with Crippen molar-refractivity contribution in [3.05, 3.63) is 35.9 Å². The second-order valence-corrected chi connectivity index (χ2v) is 7.33. The average molecular weight is 348 g/mol. The summed E-state index contributed by atoms with van der Waals surface area (Å²) in [6.07, 6.45) is 4.79. The Hall–Kier alpha value is -1.88. The Morgan fingerprint density at radius 2 is 1.76 bits per heavy atom. The van der Waals surface area contributed by atoms with Crippen molar-refractivity contribution in [2.24, 2.45) is 5.92 Å². The minimum absolute atomic E-state index is 0.167. The molecule has 1 saturated carbocycles. The normalized spacial score (nSPS) is 17.8. The first-order valence-electron chi connectivity index (χ1n) is 9.06. The molecule has 0 saturated heterocycles. The van der Waals surface area contributed by atoms with E-state index >= 15 is 0 Å². The summed E-state index contributed by atoms with van der Waals surface area (Å²) in [5, 5.41) is 0. The maximum Gasteiger partial charge on any atom is 0.416 e. The van der Waals surface area contributed by atoms with Crippen LogP contribution in [0.1, 0.15) is 44.6 Å². The Kier molecular flexibility index (Phi) is 6.22. The van der Waals surface area contributed by atoms with E-state index in [4.69, 9.17) is 9.47 Å². The molecule has 5 nitrogen and oxygen atoms in total. The number of nitrogens with zero attached hydrogens (tertiary/aromatic N) is 1. The van der Waals surface area contributed by atoms with E-state index in [1.165, 1.54) is 7.11 Å². The largest absolute Gasteiger partial charge is 0.461 e. The maximum atomic E-state index is 12.9. The molecule has 1 unspecified atom stereocenters. The van der Waals surface area contributed by atoms with Gasteiger partial charge in [0, 0.05) is 6.42 Å². The summed E-state index contributed by atoms with van der Waals surface area (Å²) >= 11 is 0. The van der Waals surface area contributed by atoms with Crippen LogP contribution in [0.25, 0.3) is 0 Å². The predicted octanol–water partition coefficient (Wildman–Crippen LogP) is 3.23. The third-order valence-electron chi connectivity index (χ3n) is 5.46. The molecular weight excluding hydrogens is 318 g/mol. The Morgan fingerprint density at radius 3 is 2.28 bits per heavy atom. The lowest BCUT2D eigenvalue weighted by Crippen LogP contribution is -2.64. The number of rotatable bonds is 7. The number of hydrogen-bond acceptors (Lipinski definition) is 4. The van der Waals surface area contributed by atoms with Crippen LogP contribution >= 0.6 is 0 Å². The van der Waals surface area contributed by atoms with Gasteiger partial charge in [-0.3, -0.25) is 9.28 Å². The van der Waals surface area contributed by atoms with Crippen molar-refractivity contribution < 1.29 is 23.5 Å². The molecule has 1 aromatic carbocycles. The smallest absolute Gasteiger partial charge is 0.416 e. The molecular formula is C20H30NO4+. The highest BCUT2D eigenvalue weighted by Gasteiger charge is 2.58. The van der Waals surface area contributed by atoms with Crippen molar-refractivity contribution in [2.45, 2.75) is 44.8 Å². The van der Waals surface area contributed by atoms with Gasteiger partial charge in [0.15, 0.2) is 0 Å². The molecule has 1 atom stereocenters. The highest BCUT2D eigenvalue weighted by molar-refractivity contribution is 5.83. The molecule has 5 heteroatoms. The molecule has 1 aliphatic rings. The Morgan fingerprint density at radius 1 is 1.16 bits per heavy atom. The van der Waals surface area contributed by atoms with Crippen LogP contribution < -0.4 is 0 Å². The molecule has 0 aromatic heterocycles. The van der Waals surface area contributed by atoms with Crippen LogP contribution in [0, 0.1) is 5.92 Å². The average Bonchev–Trinajstić information content (AvgIpc) is 3.12. The second-order valence-electron chi connectivity index (χ2n) is 7.33. The van der Waals surface area contributed by atoms with E-state index in [1.54, 1.807) is 0 Å².